The number of nitrogens with one attached hydrogen (secondary N) is 1. The number of para-hydroxylation sites is 1. The molecule has 0 aromatic heterocycles. The van der Waals surface area contributed by atoms with E-state index >= 15 is 0 Å². The molecular weight excluding hydrogens is 224 g/mol. The largest absolute Gasteiger partial charge is 0.322 e. The summed E-state index contributed by atoms with van der Waals surface area (Å²) < 4.78 is 0. The van der Waals surface area contributed by atoms with Crippen molar-refractivity contribution in [1.82, 2.24) is 4.90 Å². The first-order chi connectivity index (χ1) is 8.60. The minimum atomic E-state index is -0.00935. The minimum absolute atomic E-state index is 0.00935. The maximum atomic E-state index is 12.3. The van der Waals surface area contributed by atoms with Gasteiger partial charge in [0.2, 0.25) is 0 Å². The van der Waals surface area contributed by atoms with Gasteiger partial charge in [-0.2, -0.15) is 0 Å². The van der Waals surface area contributed by atoms with Gasteiger partial charge in [0.1, 0.15) is 0 Å². The molecular formula is C15H24N2O. The van der Waals surface area contributed by atoms with Crippen LogP contribution in [-0.4, -0.2) is 23.0 Å². The summed E-state index contributed by atoms with van der Waals surface area (Å²) in [6.07, 6.45) is 1.93. The van der Waals surface area contributed by atoms with Gasteiger partial charge in [0.15, 0.2) is 0 Å². The normalized spacial score (nSPS) is 13.8. The molecule has 0 spiro atoms. The van der Waals surface area contributed by atoms with Crippen LogP contribution in [0.3, 0.4) is 0 Å². The number of carbonyl (C=O) groups excluding carboxylic acids is 1. The SMILES string of the molecule is CC[C@H](C)N(C(=O)Nc1ccccc1)[C@@H](C)CC. The van der Waals surface area contributed by atoms with E-state index in [1.54, 1.807) is 0 Å². The molecule has 1 N–H and O–H groups in total. The van der Waals surface area contributed by atoms with E-state index in [4.69, 9.17) is 0 Å². The average molecular weight is 248 g/mol. The molecule has 2 amide bonds. The number of amides is 2. The Bertz CT molecular complexity index is 354. The van der Waals surface area contributed by atoms with Crippen LogP contribution in [0.25, 0.3) is 0 Å². The van der Waals surface area contributed by atoms with Gasteiger partial charge in [0, 0.05) is 17.8 Å². The second kappa shape index (κ2) is 7.04. The van der Waals surface area contributed by atoms with E-state index < -0.39 is 0 Å². The Hall–Kier alpha value is -1.51. The van der Waals surface area contributed by atoms with E-state index in [-0.39, 0.29) is 18.1 Å². The highest BCUT2D eigenvalue weighted by atomic mass is 16.2. The lowest BCUT2D eigenvalue weighted by Crippen LogP contribution is -2.46. The van der Waals surface area contributed by atoms with Gasteiger partial charge in [-0.05, 0) is 38.8 Å². The molecule has 100 valence electrons. The van der Waals surface area contributed by atoms with Crippen LogP contribution in [0.5, 0.6) is 0 Å². The van der Waals surface area contributed by atoms with E-state index in [0.29, 0.717) is 0 Å². The highest BCUT2D eigenvalue weighted by molar-refractivity contribution is 5.89. The summed E-state index contributed by atoms with van der Waals surface area (Å²) in [5.74, 6) is 0. The van der Waals surface area contributed by atoms with Gasteiger partial charge in [-0.1, -0.05) is 32.0 Å². The molecule has 0 fully saturated rings. The van der Waals surface area contributed by atoms with Gasteiger partial charge in [-0.15, -0.1) is 0 Å². The molecule has 1 aromatic rings. The molecule has 0 saturated carbocycles. The van der Waals surface area contributed by atoms with Gasteiger partial charge in [-0.3, -0.25) is 0 Å². The number of benzene rings is 1. The lowest BCUT2D eigenvalue weighted by molar-refractivity contribution is 0.163. The van der Waals surface area contributed by atoms with Crippen molar-refractivity contribution in [3.8, 4) is 0 Å². The van der Waals surface area contributed by atoms with Crippen molar-refractivity contribution in [2.24, 2.45) is 0 Å². The van der Waals surface area contributed by atoms with Crippen molar-refractivity contribution >= 4 is 11.7 Å². The van der Waals surface area contributed by atoms with Crippen molar-refractivity contribution < 1.29 is 4.79 Å². The molecule has 18 heavy (non-hydrogen) atoms. The fourth-order valence-corrected chi connectivity index (χ4v) is 1.94. The Morgan fingerprint density at radius 2 is 1.61 bits per heavy atom. The van der Waals surface area contributed by atoms with Crippen LogP contribution in [-0.2, 0) is 0 Å². The Labute approximate surface area is 110 Å². The first-order valence-electron chi connectivity index (χ1n) is 6.74. The summed E-state index contributed by atoms with van der Waals surface area (Å²) in [5.41, 5.74) is 0.846. The first-order valence-corrected chi connectivity index (χ1v) is 6.74. The van der Waals surface area contributed by atoms with E-state index in [9.17, 15) is 4.79 Å². The quantitative estimate of drug-likeness (QED) is 0.835. The van der Waals surface area contributed by atoms with Gasteiger partial charge in [0.25, 0.3) is 0 Å². The van der Waals surface area contributed by atoms with Crippen LogP contribution >= 0.6 is 0 Å². The third-order valence-electron chi connectivity index (χ3n) is 3.39. The Morgan fingerprint density at radius 1 is 1.11 bits per heavy atom. The van der Waals surface area contributed by atoms with Gasteiger partial charge < -0.3 is 10.2 Å². The molecule has 0 heterocycles. The second-order valence-electron chi connectivity index (χ2n) is 4.72. The van der Waals surface area contributed by atoms with E-state index in [2.05, 4.69) is 33.0 Å². The van der Waals surface area contributed by atoms with E-state index in [1.165, 1.54) is 0 Å². The molecule has 0 aliphatic heterocycles. The molecule has 3 nitrogen and oxygen atoms in total. The van der Waals surface area contributed by atoms with Crippen molar-refractivity contribution in [3.63, 3.8) is 0 Å². The van der Waals surface area contributed by atoms with Crippen molar-refractivity contribution in [1.29, 1.82) is 0 Å². The van der Waals surface area contributed by atoms with E-state index in [0.717, 1.165) is 18.5 Å². The summed E-state index contributed by atoms with van der Waals surface area (Å²) in [6.45, 7) is 8.40. The summed E-state index contributed by atoms with van der Waals surface area (Å²) in [4.78, 5) is 14.3. The monoisotopic (exact) mass is 248 g/mol. The molecule has 3 heteroatoms. The summed E-state index contributed by atoms with van der Waals surface area (Å²) in [5, 5.41) is 2.96. The van der Waals surface area contributed by atoms with Crippen molar-refractivity contribution in [3.05, 3.63) is 30.3 Å². The van der Waals surface area contributed by atoms with Gasteiger partial charge >= 0.3 is 6.03 Å². The number of hydrogen-bond acceptors (Lipinski definition) is 1. The number of rotatable bonds is 5. The predicted molar refractivity (Wildman–Crippen MR) is 76.8 cm³/mol. The highest BCUT2D eigenvalue weighted by Crippen LogP contribution is 2.15. The average Bonchev–Trinajstić information content (AvgIpc) is 2.39. The zero-order chi connectivity index (χ0) is 13.5. The van der Waals surface area contributed by atoms with Crippen LogP contribution in [0, 0.1) is 0 Å². The van der Waals surface area contributed by atoms with Crippen molar-refractivity contribution in [2.45, 2.75) is 52.6 Å². The topological polar surface area (TPSA) is 32.3 Å². The van der Waals surface area contributed by atoms with Gasteiger partial charge in [-0.25, -0.2) is 4.79 Å². The zero-order valence-electron chi connectivity index (χ0n) is 11.8. The smallest absolute Gasteiger partial charge is 0.319 e. The number of anilines is 1. The number of carbonyl (C=O) groups is 1. The molecule has 0 aliphatic rings. The van der Waals surface area contributed by atoms with Crippen LogP contribution in [0.4, 0.5) is 10.5 Å². The molecule has 1 aromatic carbocycles. The Balaban J connectivity index is 2.77. The molecule has 0 unspecified atom stereocenters. The first kappa shape index (κ1) is 14.6. The van der Waals surface area contributed by atoms with E-state index in [1.807, 2.05) is 35.2 Å². The zero-order valence-corrected chi connectivity index (χ0v) is 11.8. The third-order valence-corrected chi connectivity index (χ3v) is 3.39. The standard InChI is InChI=1S/C15H24N2O/c1-5-12(3)17(13(4)6-2)15(18)16-14-10-8-7-9-11-14/h7-13H,5-6H2,1-4H3,(H,16,18)/t12-,13-/m0/s1. The fourth-order valence-electron chi connectivity index (χ4n) is 1.94. The number of nitrogens with zero attached hydrogens (tertiary/aromatic N) is 1. The maximum Gasteiger partial charge on any atom is 0.322 e. The summed E-state index contributed by atoms with van der Waals surface area (Å²) >= 11 is 0. The number of hydrogen-bond donors (Lipinski definition) is 1. The molecule has 0 aliphatic carbocycles. The Kier molecular flexibility index (Phi) is 5.69. The second-order valence-corrected chi connectivity index (χ2v) is 4.72. The van der Waals surface area contributed by atoms with Gasteiger partial charge in [0.05, 0.1) is 0 Å². The molecule has 0 saturated heterocycles. The maximum absolute atomic E-state index is 12.3. The minimum Gasteiger partial charge on any atom is -0.319 e. The Morgan fingerprint density at radius 3 is 2.06 bits per heavy atom. The van der Waals surface area contributed by atoms with Crippen molar-refractivity contribution in [2.75, 3.05) is 5.32 Å². The molecule has 1 rings (SSSR count). The summed E-state index contributed by atoms with van der Waals surface area (Å²) in [7, 11) is 0. The lowest BCUT2D eigenvalue weighted by Gasteiger charge is -2.33. The van der Waals surface area contributed by atoms with Crippen LogP contribution in [0.2, 0.25) is 0 Å². The third kappa shape index (κ3) is 3.76. The van der Waals surface area contributed by atoms with Crippen LogP contribution < -0.4 is 5.32 Å². The highest BCUT2D eigenvalue weighted by Gasteiger charge is 2.23. The predicted octanol–water partition coefficient (Wildman–Crippen LogP) is 4.12. The molecule has 0 radical (unpaired) electrons. The summed E-state index contributed by atoms with van der Waals surface area (Å²) in [6, 6.07) is 10.1. The lowest BCUT2D eigenvalue weighted by atomic mass is 10.1. The molecule has 2 atom stereocenters. The fraction of sp³-hybridized carbons (Fsp3) is 0.533. The number of urea groups is 1. The van der Waals surface area contributed by atoms with Crippen LogP contribution in [0.1, 0.15) is 40.5 Å². The van der Waals surface area contributed by atoms with Crippen LogP contribution in [0.15, 0.2) is 30.3 Å². The molecule has 0 bridgehead atoms.